The average Bonchev–Trinajstić information content (AvgIpc) is 3.07. The number of hydrogen-bond acceptors (Lipinski definition) is 5. The topological polar surface area (TPSA) is 58.1 Å². The number of alkyl halides is 3. The number of nitrogens with one attached hydrogen (secondary N) is 1. The molecule has 1 aliphatic heterocycles. The first-order chi connectivity index (χ1) is 11.8. The third kappa shape index (κ3) is 4.21. The molecule has 25 heavy (non-hydrogen) atoms. The summed E-state index contributed by atoms with van der Waals surface area (Å²) in [6.07, 6.45) is -0.952. The SMILES string of the molecule is O=C(Nc1nccs1)C1CCN(c2ncc(C(F)(F)F)cc2Cl)CC1. The number of rotatable bonds is 3. The Hall–Kier alpha value is -1.87. The van der Waals surface area contributed by atoms with Gasteiger partial charge in [0.15, 0.2) is 5.13 Å². The third-order valence-corrected chi connectivity index (χ3v) is 4.94. The van der Waals surface area contributed by atoms with E-state index in [0.717, 1.165) is 12.3 Å². The van der Waals surface area contributed by atoms with Gasteiger partial charge in [-0.1, -0.05) is 11.6 Å². The summed E-state index contributed by atoms with van der Waals surface area (Å²) in [6, 6.07) is 0.880. The maximum Gasteiger partial charge on any atom is 0.417 e. The number of halogens is 4. The fraction of sp³-hybridized carbons (Fsp3) is 0.400. The molecule has 0 aromatic carbocycles. The van der Waals surface area contributed by atoms with Gasteiger partial charge in [-0.15, -0.1) is 11.3 Å². The number of aromatic nitrogens is 2. The van der Waals surface area contributed by atoms with E-state index in [2.05, 4.69) is 15.3 Å². The normalized spacial score (nSPS) is 16.1. The van der Waals surface area contributed by atoms with Gasteiger partial charge in [-0.25, -0.2) is 9.97 Å². The molecule has 1 saturated heterocycles. The lowest BCUT2D eigenvalue weighted by molar-refractivity contribution is -0.137. The van der Waals surface area contributed by atoms with Crippen molar-refractivity contribution < 1.29 is 18.0 Å². The van der Waals surface area contributed by atoms with Crippen molar-refractivity contribution in [2.45, 2.75) is 19.0 Å². The highest BCUT2D eigenvalue weighted by Crippen LogP contribution is 2.34. The molecule has 3 rings (SSSR count). The highest BCUT2D eigenvalue weighted by molar-refractivity contribution is 7.13. The number of thiazole rings is 1. The fourth-order valence-electron chi connectivity index (χ4n) is 2.66. The van der Waals surface area contributed by atoms with Gasteiger partial charge in [-0.05, 0) is 18.9 Å². The quantitative estimate of drug-likeness (QED) is 0.858. The van der Waals surface area contributed by atoms with Crippen LogP contribution in [-0.4, -0.2) is 29.0 Å². The number of hydrogen-bond donors (Lipinski definition) is 1. The van der Waals surface area contributed by atoms with Crippen molar-refractivity contribution in [3.63, 3.8) is 0 Å². The molecule has 0 radical (unpaired) electrons. The molecule has 0 bridgehead atoms. The van der Waals surface area contributed by atoms with Crippen LogP contribution in [0, 0.1) is 5.92 Å². The molecule has 3 heterocycles. The second kappa shape index (κ2) is 7.17. The zero-order valence-electron chi connectivity index (χ0n) is 12.9. The minimum Gasteiger partial charge on any atom is -0.355 e. The van der Waals surface area contributed by atoms with Crippen LogP contribution in [0.3, 0.4) is 0 Å². The summed E-state index contributed by atoms with van der Waals surface area (Å²) in [7, 11) is 0. The maximum absolute atomic E-state index is 12.7. The van der Waals surface area contributed by atoms with Gasteiger partial charge >= 0.3 is 6.18 Å². The average molecular weight is 391 g/mol. The largest absolute Gasteiger partial charge is 0.417 e. The molecule has 0 saturated carbocycles. The van der Waals surface area contributed by atoms with Gasteiger partial charge in [0.05, 0.1) is 10.6 Å². The molecular weight excluding hydrogens is 377 g/mol. The number of amides is 1. The molecule has 1 N–H and O–H groups in total. The van der Waals surface area contributed by atoms with Crippen LogP contribution in [0.25, 0.3) is 0 Å². The van der Waals surface area contributed by atoms with Gasteiger partial charge in [0, 0.05) is 36.8 Å². The van der Waals surface area contributed by atoms with Gasteiger partial charge in [-0.3, -0.25) is 4.79 Å². The van der Waals surface area contributed by atoms with E-state index in [1.54, 1.807) is 16.5 Å². The van der Waals surface area contributed by atoms with Crippen molar-refractivity contribution in [1.29, 1.82) is 0 Å². The van der Waals surface area contributed by atoms with Gasteiger partial charge < -0.3 is 10.2 Å². The van der Waals surface area contributed by atoms with E-state index in [1.165, 1.54) is 11.3 Å². The molecule has 2 aromatic heterocycles. The fourth-order valence-corrected chi connectivity index (χ4v) is 3.48. The number of pyridine rings is 1. The van der Waals surface area contributed by atoms with Crippen LogP contribution in [0.5, 0.6) is 0 Å². The maximum atomic E-state index is 12.7. The first-order valence-corrected chi connectivity index (χ1v) is 8.78. The highest BCUT2D eigenvalue weighted by atomic mass is 35.5. The monoisotopic (exact) mass is 390 g/mol. The summed E-state index contributed by atoms with van der Waals surface area (Å²) in [5, 5.41) is 5.05. The van der Waals surface area contributed by atoms with Crippen molar-refractivity contribution in [3.05, 3.63) is 34.4 Å². The number of carbonyl (C=O) groups is 1. The number of anilines is 2. The van der Waals surface area contributed by atoms with Gasteiger partial charge in [0.2, 0.25) is 5.91 Å². The zero-order chi connectivity index (χ0) is 18.0. The molecule has 10 heteroatoms. The second-order valence-electron chi connectivity index (χ2n) is 5.62. The van der Waals surface area contributed by atoms with E-state index in [4.69, 9.17) is 11.6 Å². The number of nitrogens with zero attached hydrogens (tertiary/aromatic N) is 3. The van der Waals surface area contributed by atoms with Crippen LogP contribution >= 0.6 is 22.9 Å². The van der Waals surface area contributed by atoms with Crippen molar-refractivity contribution in [2.24, 2.45) is 5.92 Å². The predicted molar refractivity (Wildman–Crippen MR) is 89.9 cm³/mol. The smallest absolute Gasteiger partial charge is 0.355 e. The standard InChI is InChI=1S/C15H14ClF3N4OS/c16-11-7-10(15(17,18)19)8-21-12(11)23-4-1-9(2-5-23)13(24)22-14-20-3-6-25-14/h3,6-9H,1-2,4-5H2,(H,20,22,24). The summed E-state index contributed by atoms with van der Waals surface area (Å²) < 4.78 is 38.0. The van der Waals surface area contributed by atoms with Crippen LogP contribution in [0.1, 0.15) is 18.4 Å². The molecule has 0 spiro atoms. The molecule has 0 aliphatic carbocycles. The third-order valence-electron chi connectivity index (χ3n) is 3.98. The first kappa shape index (κ1) is 17.9. The Morgan fingerprint density at radius 3 is 2.60 bits per heavy atom. The molecule has 0 atom stereocenters. The minimum absolute atomic E-state index is 0.0412. The van der Waals surface area contributed by atoms with Crippen LogP contribution in [0.4, 0.5) is 24.1 Å². The molecular formula is C15H14ClF3N4OS. The molecule has 134 valence electrons. The lowest BCUT2D eigenvalue weighted by Gasteiger charge is -2.32. The van der Waals surface area contributed by atoms with E-state index >= 15 is 0 Å². The molecule has 5 nitrogen and oxygen atoms in total. The summed E-state index contributed by atoms with van der Waals surface area (Å²) >= 11 is 7.32. The second-order valence-corrected chi connectivity index (χ2v) is 6.92. The minimum atomic E-state index is -4.48. The van der Waals surface area contributed by atoms with Gasteiger partial charge in [0.1, 0.15) is 5.82 Å². The Labute approximate surface area is 150 Å². The Balaban J connectivity index is 1.61. The molecule has 1 amide bonds. The van der Waals surface area contributed by atoms with Crippen LogP contribution in [0.2, 0.25) is 5.02 Å². The lowest BCUT2D eigenvalue weighted by Crippen LogP contribution is -2.38. The highest BCUT2D eigenvalue weighted by Gasteiger charge is 2.33. The van der Waals surface area contributed by atoms with Gasteiger partial charge in [-0.2, -0.15) is 13.2 Å². The predicted octanol–water partition coefficient (Wildman–Crippen LogP) is 4.07. The van der Waals surface area contributed by atoms with Crippen LogP contribution in [0.15, 0.2) is 23.8 Å². The van der Waals surface area contributed by atoms with E-state index in [9.17, 15) is 18.0 Å². The number of piperidine rings is 1. The van der Waals surface area contributed by atoms with Crippen molar-refractivity contribution in [3.8, 4) is 0 Å². The van der Waals surface area contributed by atoms with Crippen LogP contribution in [-0.2, 0) is 11.0 Å². The summed E-state index contributed by atoms with van der Waals surface area (Å²) in [5.74, 6) is 0.0443. The van der Waals surface area contributed by atoms with E-state index < -0.39 is 11.7 Å². The zero-order valence-corrected chi connectivity index (χ0v) is 14.5. The lowest BCUT2D eigenvalue weighted by atomic mass is 9.96. The summed E-state index contributed by atoms with van der Waals surface area (Å²) in [4.78, 5) is 21.9. The summed E-state index contributed by atoms with van der Waals surface area (Å²) in [6.45, 7) is 0.988. The van der Waals surface area contributed by atoms with Crippen LogP contribution < -0.4 is 10.2 Å². The Morgan fingerprint density at radius 1 is 1.32 bits per heavy atom. The number of carbonyl (C=O) groups excluding carboxylic acids is 1. The Morgan fingerprint density at radius 2 is 2.04 bits per heavy atom. The molecule has 1 fully saturated rings. The van der Waals surface area contributed by atoms with E-state index in [-0.39, 0.29) is 16.8 Å². The molecule has 2 aromatic rings. The molecule has 1 aliphatic rings. The molecule has 0 unspecified atom stereocenters. The van der Waals surface area contributed by atoms with Crippen molar-refractivity contribution in [2.75, 3.05) is 23.3 Å². The van der Waals surface area contributed by atoms with Crippen molar-refractivity contribution >= 4 is 39.8 Å². The van der Waals surface area contributed by atoms with Crippen molar-refractivity contribution in [1.82, 2.24) is 9.97 Å². The summed E-state index contributed by atoms with van der Waals surface area (Å²) in [5.41, 5.74) is -0.876. The Bertz CT molecular complexity index is 746. The Kier molecular flexibility index (Phi) is 5.14. The first-order valence-electron chi connectivity index (χ1n) is 7.52. The van der Waals surface area contributed by atoms with E-state index in [0.29, 0.717) is 36.9 Å². The van der Waals surface area contributed by atoms with E-state index in [1.807, 2.05) is 0 Å². The van der Waals surface area contributed by atoms with Gasteiger partial charge in [0.25, 0.3) is 0 Å².